The van der Waals surface area contributed by atoms with Gasteiger partial charge in [-0.15, -0.1) is 0 Å². The summed E-state index contributed by atoms with van der Waals surface area (Å²) in [4.78, 5) is 74.2. The van der Waals surface area contributed by atoms with Crippen molar-refractivity contribution in [3.8, 4) is 5.75 Å². The summed E-state index contributed by atoms with van der Waals surface area (Å²) in [6, 6.07) is 12.7. The van der Waals surface area contributed by atoms with E-state index >= 15 is 0 Å². The first-order valence-corrected chi connectivity index (χ1v) is 17.7. The summed E-state index contributed by atoms with van der Waals surface area (Å²) in [6.45, 7) is 10.8. The van der Waals surface area contributed by atoms with Crippen LogP contribution < -0.4 is 20.7 Å². The Kier molecular flexibility index (Phi) is 16.0. The van der Waals surface area contributed by atoms with Crippen molar-refractivity contribution in [2.75, 3.05) is 7.05 Å². The lowest BCUT2D eigenvalue weighted by Gasteiger charge is -2.29. The number of amides is 5. The lowest BCUT2D eigenvalue weighted by Crippen LogP contribution is -2.58. The molecule has 0 saturated carbocycles. The number of hydrogen-bond donors (Lipinski definition) is 5. The van der Waals surface area contributed by atoms with Crippen LogP contribution in [0.4, 0.5) is 9.59 Å². The number of rotatable bonds is 17. The molecule has 0 saturated heterocycles. The predicted molar refractivity (Wildman–Crippen MR) is 198 cm³/mol. The molecule has 287 valence electrons. The molecule has 5 N–H and O–H groups in total. The molecule has 0 aliphatic heterocycles. The molecule has 1 heterocycles. The predicted octanol–water partition coefficient (Wildman–Crippen LogP) is 4.28. The normalized spacial score (nSPS) is 13.6. The number of benzene rings is 2. The zero-order valence-corrected chi connectivity index (χ0v) is 31.5. The lowest BCUT2D eigenvalue weighted by molar-refractivity contribution is -0.133. The van der Waals surface area contributed by atoms with Crippen LogP contribution in [0.3, 0.4) is 0 Å². The van der Waals surface area contributed by atoms with Gasteiger partial charge in [-0.05, 0) is 69.2 Å². The van der Waals surface area contributed by atoms with Crippen LogP contribution in [0.1, 0.15) is 71.2 Å². The summed E-state index contributed by atoms with van der Waals surface area (Å²) < 4.78 is 10.7. The second-order valence-electron chi connectivity index (χ2n) is 14.3. The Balaban J connectivity index is 1.75. The van der Waals surface area contributed by atoms with Crippen LogP contribution in [0.25, 0.3) is 0 Å². The van der Waals surface area contributed by atoms with Gasteiger partial charge in [-0.2, -0.15) is 0 Å². The molecule has 3 aromatic rings. The molecule has 0 bridgehead atoms. The number of aromatic amines is 1. The Hall–Kier alpha value is -5.24. The zero-order chi connectivity index (χ0) is 39.1. The molecule has 1 radical (unpaired) electrons. The van der Waals surface area contributed by atoms with Crippen LogP contribution in [0.5, 0.6) is 5.75 Å². The average molecular weight is 734 g/mol. The standard InChI is InChI=1S/C39H53N6O8/c1-8-12-26-15-17-29(18-16-26)52-38(51)45(7)34(47)22-33(46)30(19-25(2)3)42-36(49)32(21-28-23-40-24-41-28)43-35(48)31(20-27-13-10-9-11-14-27)44-37(50)53-39(4,5)6/h8-11,13-18,23-25,30-33,46H,12,19-22H2,1-7H3,(H,40,41)(H,42,49)(H,43,48)(H,44,50)/t30-,31-,32-,33-/m0/s1. The third kappa shape index (κ3) is 14.7. The molecule has 14 heteroatoms. The van der Waals surface area contributed by atoms with Gasteiger partial charge in [0.25, 0.3) is 0 Å². The number of hydrogen-bond acceptors (Lipinski definition) is 9. The molecule has 4 atom stereocenters. The molecule has 0 aliphatic carbocycles. The molecular weight excluding hydrogens is 680 g/mol. The Bertz CT molecular complexity index is 1620. The number of nitrogens with one attached hydrogen (secondary N) is 4. The molecule has 0 spiro atoms. The van der Waals surface area contributed by atoms with Gasteiger partial charge in [-0.25, -0.2) is 14.6 Å². The van der Waals surface area contributed by atoms with E-state index in [1.54, 1.807) is 39.1 Å². The first-order valence-electron chi connectivity index (χ1n) is 17.7. The van der Waals surface area contributed by atoms with Crippen molar-refractivity contribution in [1.82, 2.24) is 30.8 Å². The van der Waals surface area contributed by atoms with Gasteiger partial charge in [0.1, 0.15) is 23.4 Å². The van der Waals surface area contributed by atoms with E-state index in [-0.39, 0.29) is 30.9 Å². The highest BCUT2D eigenvalue weighted by atomic mass is 16.6. The van der Waals surface area contributed by atoms with E-state index < -0.39 is 66.2 Å². The molecule has 0 aliphatic rings. The number of aliphatic hydroxyl groups is 1. The van der Waals surface area contributed by atoms with E-state index in [1.165, 1.54) is 13.4 Å². The van der Waals surface area contributed by atoms with Crippen molar-refractivity contribution in [2.24, 2.45) is 5.92 Å². The Morgan fingerprint density at radius 2 is 1.55 bits per heavy atom. The van der Waals surface area contributed by atoms with Gasteiger partial charge in [0.05, 0.1) is 30.6 Å². The summed E-state index contributed by atoms with van der Waals surface area (Å²) in [5.74, 6) is -1.77. The molecule has 0 unspecified atom stereocenters. The number of aromatic nitrogens is 2. The molecule has 0 fully saturated rings. The van der Waals surface area contributed by atoms with Gasteiger partial charge < -0.3 is 35.5 Å². The van der Waals surface area contributed by atoms with Crippen LogP contribution in [-0.2, 0) is 38.4 Å². The number of H-pyrrole nitrogens is 1. The number of ether oxygens (including phenoxy) is 2. The first kappa shape index (κ1) is 42.2. The van der Waals surface area contributed by atoms with E-state index in [0.717, 1.165) is 22.4 Å². The van der Waals surface area contributed by atoms with Crippen molar-refractivity contribution in [2.45, 2.75) is 103 Å². The number of alkyl carbamates (subject to hydrolysis) is 1. The molecule has 1 aromatic heterocycles. The van der Waals surface area contributed by atoms with E-state index in [0.29, 0.717) is 5.69 Å². The minimum Gasteiger partial charge on any atom is -0.444 e. The number of carbonyl (C=O) groups is 5. The molecule has 2 aromatic carbocycles. The number of aliphatic hydroxyl groups excluding tert-OH is 1. The maximum Gasteiger partial charge on any atom is 0.421 e. The molecule has 3 rings (SSSR count). The molecule has 53 heavy (non-hydrogen) atoms. The Labute approximate surface area is 311 Å². The van der Waals surface area contributed by atoms with E-state index in [9.17, 15) is 29.1 Å². The highest BCUT2D eigenvalue weighted by Crippen LogP contribution is 2.17. The van der Waals surface area contributed by atoms with Crippen molar-refractivity contribution in [3.05, 3.63) is 90.4 Å². The van der Waals surface area contributed by atoms with Gasteiger partial charge in [0.15, 0.2) is 0 Å². The molecular formula is C39H53N6O8. The fourth-order valence-electron chi connectivity index (χ4n) is 5.36. The van der Waals surface area contributed by atoms with Crippen molar-refractivity contribution >= 4 is 29.9 Å². The largest absolute Gasteiger partial charge is 0.444 e. The summed E-state index contributed by atoms with van der Waals surface area (Å²) in [7, 11) is 1.25. The minimum atomic E-state index is -1.39. The van der Waals surface area contributed by atoms with Crippen LogP contribution in [0.2, 0.25) is 0 Å². The van der Waals surface area contributed by atoms with E-state index in [2.05, 4.69) is 25.9 Å². The molecule has 14 nitrogen and oxygen atoms in total. The Morgan fingerprint density at radius 3 is 2.13 bits per heavy atom. The second kappa shape index (κ2) is 20.1. The monoisotopic (exact) mass is 733 g/mol. The maximum atomic E-state index is 13.9. The third-order valence-electron chi connectivity index (χ3n) is 8.01. The quantitative estimate of drug-likeness (QED) is 0.135. The van der Waals surface area contributed by atoms with Gasteiger partial charge in [-0.1, -0.05) is 63.2 Å². The Morgan fingerprint density at radius 1 is 0.906 bits per heavy atom. The zero-order valence-electron chi connectivity index (χ0n) is 31.5. The fraction of sp³-hybridized carbons (Fsp3) is 0.462. The van der Waals surface area contributed by atoms with Crippen LogP contribution in [-0.4, -0.2) is 86.8 Å². The first-order chi connectivity index (χ1) is 25.0. The van der Waals surface area contributed by atoms with Gasteiger partial charge in [-0.3, -0.25) is 19.3 Å². The topological polar surface area (TPSA) is 192 Å². The van der Waals surface area contributed by atoms with Crippen molar-refractivity contribution in [1.29, 1.82) is 0 Å². The summed E-state index contributed by atoms with van der Waals surface area (Å²) >= 11 is 0. The number of imide groups is 1. The van der Waals surface area contributed by atoms with Gasteiger partial charge in [0, 0.05) is 26.1 Å². The summed E-state index contributed by atoms with van der Waals surface area (Å²) in [5.41, 5.74) is 1.45. The molecule has 5 amide bonds. The number of imidazole rings is 1. The summed E-state index contributed by atoms with van der Waals surface area (Å²) in [6.07, 6.45) is 2.52. The van der Waals surface area contributed by atoms with Crippen molar-refractivity contribution in [3.63, 3.8) is 0 Å². The fourth-order valence-corrected chi connectivity index (χ4v) is 5.36. The number of carbonyl (C=O) groups excluding carboxylic acids is 5. The lowest BCUT2D eigenvalue weighted by atomic mass is 9.96. The highest BCUT2D eigenvalue weighted by Gasteiger charge is 2.33. The highest BCUT2D eigenvalue weighted by molar-refractivity contribution is 5.93. The maximum absolute atomic E-state index is 13.9. The van der Waals surface area contributed by atoms with Crippen LogP contribution in [0, 0.1) is 12.3 Å². The SMILES string of the molecule is C[CH]Cc1ccc(OC(=O)N(C)C(=O)C[C@H](O)[C@H](CC(C)C)NC(=O)[C@H](Cc2c[nH]cn2)NC(=O)[C@H](Cc2ccccc2)NC(=O)OC(C)(C)C)cc1. The summed E-state index contributed by atoms with van der Waals surface area (Å²) in [5, 5.41) is 19.5. The van der Waals surface area contributed by atoms with Gasteiger partial charge >= 0.3 is 12.2 Å². The minimum absolute atomic E-state index is 0.0197. The van der Waals surface area contributed by atoms with Crippen molar-refractivity contribution < 1.29 is 38.6 Å². The van der Waals surface area contributed by atoms with E-state index in [1.807, 2.05) is 69.7 Å². The number of nitrogens with zero attached hydrogens (tertiary/aromatic N) is 2. The second-order valence-corrected chi connectivity index (χ2v) is 14.3. The van der Waals surface area contributed by atoms with Crippen LogP contribution in [0.15, 0.2) is 67.1 Å². The third-order valence-corrected chi connectivity index (χ3v) is 8.01. The smallest absolute Gasteiger partial charge is 0.421 e. The van der Waals surface area contributed by atoms with Crippen LogP contribution >= 0.6 is 0 Å². The van der Waals surface area contributed by atoms with Gasteiger partial charge in [0.2, 0.25) is 17.7 Å². The van der Waals surface area contributed by atoms with E-state index in [4.69, 9.17) is 9.47 Å². The average Bonchev–Trinajstić information content (AvgIpc) is 3.60.